The molecular weight excluding hydrogens is 390 g/mol. The smallest absolute Gasteiger partial charge is 0.252 e. The summed E-state index contributed by atoms with van der Waals surface area (Å²) in [5, 5.41) is 6.78. The maximum atomic E-state index is 12.6. The first kappa shape index (κ1) is 19.5. The minimum Gasteiger partial charge on any atom is -0.354 e. The molecule has 0 spiro atoms. The van der Waals surface area contributed by atoms with Crippen LogP contribution in [0.3, 0.4) is 0 Å². The van der Waals surface area contributed by atoms with E-state index in [0.717, 1.165) is 6.42 Å². The van der Waals surface area contributed by atoms with Crippen molar-refractivity contribution in [1.29, 1.82) is 0 Å². The average molecular weight is 414 g/mol. The van der Waals surface area contributed by atoms with Crippen LogP contribution in [-0.2, 0) is 21.2 Å². The zero-order valence-corrected chi connectivity index (χ0v) is 17.1. The SMILES string of the molecule is C[C@@H](C(=O)NCCc1cccs1)N1CCN(S(=O)(=O)c2cccs2)CC1. The fourth-order valence-corrected chi connectivity index (χ4v) is 6.22. The third-order valence-electron chi connectivity index (χ3n) is 4.54. The summed E-state index contributed by atoms with van der Waals surface area (Å²) in [7, 11) is -3.40. The van der Waals surface area contributed by atoms with Gasteiger partial charge in [0, 0.05) is 37.6 Å². The normalized spacial score (nSPS) is 17.9. The second-order valence-corrected chi connectivity index (χ2v) is 10.3. The van der Waals surface area contributed by atoms with E-state index >= 15 is 0 Å². The molecule has 0 aromatic carbocycles. The topological polar surface area (TPSA) is 69.7 Å². The summed E-state index contributed by atoms with van der Waals surface area (Å²) in [6.45, 7) is 4.44. The molecule has 2 aromatic heterocycles. The number of hydrogen-bond acceptors (Lipinski definition) is 6. The van der Waals surface area contributed by atoms with Crippen LogP contribution in [0.1, 0.15) is 11.8 Å². The Kier molecular flexibility index (Phi) is 6.46. The molecule has 1 aliphatic heterocycles. The molecule has 3 heterocycles. The van der Waals surface area contributed by atoms with Gasteiger partial charge < -0.3 is 5.32 Å². The highest BCUT2D eigenvalue weighted by atomic mass is 32.2. The third kappa shape index (κ3) is 4.52. The first-order chi connectivity index (χ1) is 12.5. The molecule has 6 nitrogen and oxygen atoms in total. The molecule has 1 amide bonds. The predicted octanol–water partition coefficient (Wildman–Crippen LogP) is 1.86. The molecule has 0 unspecified atom stereocenters. The van der Waals surface area contributed by atoms with E-state index in [2.05, 4.69) is 11.4 Å². The molecule has 2 aromatic rings. The Bertz CT molecular complexity index is 796. The van der Waals surface area contributed by atoms with Gasteiger partial charge in [-0.2, -0.15) is 4.31 Å². The summed E-state index contributed by atoms with van der Waals surface area (Å²) < 4.78 is 27.0. The number of sulfonamides is 1. The summed E-state index contributed by atoms with van der Waals surface area (Å²) in [5.74, 6) is -0.00359. The summed E-state index contributed by atoms with van der Waals surface area (Å²) in [4.78, 5) is 15.7. The largest absolute Gasteiger partial charge is 0.354 e. The van der Waals surface area contributed by atoms with Crippen molar-refractivity contribution in [2.75, 3.05) is 32.7 Å². The number of hydrogen-bond donors (Lipinski definition) is 1. The fraction of sp³-hybridized carbons (Fsp3) is 0.471. The molecule has 9 heteroatoms. The van der Waals surface area contributed by atoms with Crippen molar-refractivity contribution >= 4 is 38.6 Å². The Labute approximate surface area is 162 Å². The molecule has 1 aliphatic rings. The summed E-state index contributed by atoms with van der Waals surface area (Å²) in [6, 6.07) is 7.19. The van der Waals surface area contributed by atoms with Gasteiger partial charge in [0.05, 0.1) is 6.04 Å². The van der Waals surface area contributed by atoms with Crippen LogP contribution in [0.5, 0.6) is 0 Å². The van der Waals surface area contributed by atoms with E-state index in [1.54, 1.807) is 28.8 Å². The van der Waals surface area contributed by atoms with E-state index in [4.69, 9.17) is 0 Å². The highest BCUT2D eigenvalue weighted by Crippen LogP contribution is 2.22. The molecule has 3 rings (SSSR count). The number of thiophene rings is 2. The van der Waals surface area contributed by atoms with Crippen molar-refractivity contribution in [2.45, 2.75) is 23.6 Å². The number of carbonyl (C=O) groups is 1. The summed E-state index contributed by atoms with van der Waals surface area (Å²) >= 11 is 2.93. The fourth-order valence-electron chi connectivity index (χ4n) is 2.95. The van der Waals surface area contributed by atoms with E-state index < -0.39 is 10.0 Å². The summed E-state index contributed by atoms with van der Waals surface area (Å²) in [6.07, 6.45) is 0.836. The van der Waals surface area contributed by atoms with Crippen molar-refractivity contribution in [3.63, 3.8) is 0 Å². The van der Waals surface area contributed by atoms with Gasteiger partial charge in [0.1, 0.15) is 4.21 Å². The third-order valence-corrected chi connectivity index (χ3v) is 8.75. The van der Waals surface area contributed by atoms with Crippen LogP contribution < -0.4 is 5.32 Å². The average Bonchev–Trinajstić information content (AvgIpc) is 3.35. The van der Waals surface area contributed by atoms with E-state index in [0.29, 0.717) is 36.9 Å². The van der Waals surface area contributed by atoms with Gasteiger partial charge in [-0.3, -0.25) is 9.69 Å². The Balaban J connectivity index is 1.47. The van der Waals surface area contributed by atoms with Gasteiger partial charge >= 0.3 is 0 Å². The predicted molar refractivity (Wildman–Crippen MR) is 105 cm³/mol. The lowest BCUT2D eigenvalue weighted by Gasteiger charge is -2.36. The van der Waals surface area contributed by atoms with Crippen molar-refractivity contribution < 1.29 is 13.2 Å². The van der Waals surface area contributed by atoms with Gasteiger partial charge in [-0.15, -0.1) is 22.7 Å². The first-order valence-electron chi connectivity index (χ1n) is 8.56. The van der Waals surface area contributed by atoms with Crippen LogP contribution in [0.2, 0.25) is 0 Å². The van der Waals surface area contributed by atoms with Gasteiger partial charge in [0.2, 0.25) is 5.91 Å². The minimum absolute atomic E-state index is 0.00359. The molecule has 1 saturated heterocycles. The number of rotatable bonds is 7. The van der Waals surface area contributed by atoms with Crippen molar-refractivity contribution in [3.05, 3.63) is 39.9 Å². The monoisotopic (exact) mass is 413 g/mol. The molecule has 0 saturated carbocycles. The van der Waals surface area contributed by atoms with Crippen molar-refractivity contribution in [2.24, 2.45) is 0 Å². The zero-order chi connectivity index (χ0) is 18.6. The maximum Gasteiger partial charge on any atom is 0.252 e. The number of nitrogens with zero attached hydrogens (tertiary/aromatic N) is 2. The van der Waals surface area contributed by atoms with Gasteiger partial charge in [0.25, 0.3) is 10.0 Å². The molecule has 0 aliphatic carbocycles. The van der Waals surface area contributed by atoms with Crippen LogP contribution in [0.15, 0.2) is 39.2 Å². The Morgan fingerprint density at radius 1 is 1.15 bits per heavy atom. The lowest BCUT2D eigenvalue weighted by molar-refractivity contribution is -0.126. The second kappa shape index (κ2) is 8.62. The molecular formula is C17H23N3O3S3. The molecule has 1 N–H and O–H groups in total. The molecule has 1 fully saturated rings. The number of carbonyl (C=O) groups excluding carboxylic acids is 1. The van der Waals surface area contributed by atoms with E-state index in [1.165, 1.54) is 20.5 Å². The quantitative estimate of drug-likeness (QED) is 0.752. The summed E-state index contributed by atoms with van der Waals surface area (Å²) in [5.41, 5.74) is 0. The van der Waals surface area contributed by atoms with E-state index in [9.17, 15) is 13.2 Å². The molecule has 142 valence electrons. The van der Waals surface area contributed by atoms with Gasteiger partial charge in [-0.25, -0.2) is 8.42 Å². The van der Waals surface area contributed by atoms with E-state index in [1.807, 2.05) is 23.3 Å². The lowest BCUT2D eigenvalue weighted by Crippen LogP contribution is -2.54. The Morgan fingerprint density at radius 3 is 2.46 bits per heavy atom. The number of piperazine rings is 1. The van der Waals surface area contributed by atoms with Crippen molar-refractivity contribution in [3.8, 4) is 0 Å². The van der Waals surface area contributed by atoms with Crippen LogP contribution in [0.4, 0.5) is 0 Å². The van der Waals surface area contributed by atoms with Crippen LogP contribution in [-0.4, -0.2) is 62.3 Å². The minimum atomic E-state index is -3.40. The molecule has 0 radical (unpaired) electrons. The van der Waals surface area contributed by atoms with Crippen LogP contribution in [0.25, 0.3) is 0 Å². The zero-order valence-electron chi connectivity index (χ0n) is 14.6. The molecule has 0 bridgehead atoms. The molecule has 26 heavy (non-hydrogen) atoms. The highest BCUT2D eigenvalue weighted by molar-refractivity contribution is 7.91. The lowest BCUT2D eigenvalue weighted by atomic mass is 10.2. The second-order valence-electron chi connectivity index (χ2n) is 6.17. The van der Waals surface area contributed by atoms with Gasteiger partial charge in [-0.1, -0.05) is 12.1 Å². The molecule has 1 atom stereocenters. The first-order valence-corrected chi connectivity index (χ1v) is 11.8. The van der Waals surface area contributed by atoms with Crippen LogP contribution in [0, 0.1) is 0 Å². The van der Waals surface area contributed by atoms with Gasteiger partial charge in [0.15, 0.2) is 0 Å². The van der Waals surface area contributed by atoms with Crippen LogP contribution >= 0.6 is 22.7 Å². The Hall–Kier alpha value is -1.26. The number of nitrogens with one attached hydrogen (secondary N) is 1. The van der Waals surface area contributed by atoms with Crippen molar-refractivity contribution in [1.82, 2.24) is 14.5 Å². The van der Waals surface area contributed by atoms with E-state index in [-0.39, 0.29) is 11.9 Å². The highest BCUT2D eigenvalue weighted by Gasteiger charge is 2.32. The Morgan fingerprint density at radius 2 is 1.85 bits per heavy atom. The standard InChI is InChI=1S/C17H23N3O3S3/c1-14(17(21)18-7-6-15-4-2-12-24-15)19-8-10-20(11-9-19)26(22,23)16-5-3-13-25-16/h2-5,12-14H,6-11H2,1H3,(H,18,21)/t14-/m0/s1. The maximum absolute atomic E-state index is 12.6. The van der Waals surface area contributed by atoms with Gasteiger partial charge in [-0.05, 0) is 36.2 Å². The number of amides is 1.